The standard InChI is InChI=1S/C13H21F3N6/c1-8(10-18-11(17)20-12(19-10)21(2)3)22-6-4-5-9(7-22)13(14,15)16/h8-9H,4-7H2,1-3H3,(H2,17,18,19,20)/t8-,9+/m1/s1. The number of anilines is 2. The first-order chi connectivity index (χ1) is 10.2. The fraction of sp³-hybridized carbons (Fsp3) is 0.769. The molecular formula is C13H21F3N6. The van der Waals surface area contributed by atoms with E-state index < -0.39 is 12.1 Å². The van der Waals surface area contributed by atoms with Crippen LogP contribution in [0.1, 0.15) is 31.6 Å². The molecule has 0 aliphatic carbocycles. The molecule has 22 heavy (non-hydrogen) atoms. The maximum absolute atomic E-state index is 12.9. The average Bonchev–Trinajstić information content (AvgIpc) is 2.45. The van der Waals surface area contributed by atoms with E-state index in [0.717, 1.165) is 0 Å². The molecule has 2 N–H and O–H groups in total. The van der Waals surface area contributed by atoms with Gasteiger partial charge in [0.2, 0.25) is 11.9 Å². The molecule has 124 valence electrons. The number of hydrogen-bond donors (Lipinski definition) is 1. The van der Waals surface area contributed by atoms with E-state index >= 15 is 0 Å². The van der Waals surface area contributed by atoms with E-state index in [1.165, 1.54) is 0 Å². The van der Waals surface area contributed by atoms with Crippen molar-refractivity contribution >= 4 is 11.9 Å². The van der Waals surface area contributed by atoms with Crippen molar-refractivity contribution < 1.29 is 13.2 Å². The normalized spacial score (nSPS) is 21.6. The van der Waals surface area contributed by atoms with Gasteiger partial charge in [0, 0.05) is 20.6 Å². The van der Waals surface area contributed by atoms with Gasteiger partial charge in [0.1, 0.15) is 0 Å². The van der Waals surface area contributed by atoms with Crippen LogP contribution < -0.4 is 10.6 Å². The Labute approximate surface area is 127 Å². The predicted octanol–water partition coefficient (Wildman–Crippen LogP) is 1.86. The highest BCUT2D eigenvalue weighted by molar-refractivity contribution is 5.33. The topological polar surface area (TPSA) is 71.2 Å². The minimum absolute atomic E-state index is 0.0342. The van der Waals surface area contributed by atoms with Crippen molar-refractivity contribution in [3.63, 3.8) is 0 Å². The van der Waals surface area contributed by atoms with Crippen LogP contribution in [0.25, 0.3) is 0 Å². The highest BCUT2D eigenvalue weighted by Crippen LogP contribution is 2.35. The van der Waals surface area contributed by atoms with Crippen molar-refractivity contribution in [1.82, 2.24) is 19.9 Å². The predicted molar refractivity (Wildman–Crippen MR) is 77.3 cm³/mol. The highest BCUT2D eigenvalue weighted by atomic mass is 19.4. The van der Waals surface area contributed by atoms with Gasteiger partial charge >= 0.3 is 6.18 Å². The zero-order chi connectivity index (χ0) is 16.5. The Hall–Kier alpha value is -1.64. The number of halogens is 3. The molecule has 0 aromatic carbocycles. The van der Waals surface area contributed by atoms with Crippen LogP contribution in [-0.2, 0) is 0 Å². The van der Waals surface area contributed by atoms with Crippen molar-refractivity contribution in [2.24, 2.45) is 5.92 Å². The number of hydrogen-bond acceptors (Lipinski definition) is 6. The number of piperidine rings is 1. The Morgan fingerprint density at radius 3 is 2.55 bits per heavy atom. The third-order valence-corrected chi connectivity index (χ3v) is 3.90. The van der Waals surface area contributed by atoms with E-state index in [-0.39, 0.29) is 25.0 Å². The Morgan fingerprint density at radius 1 is 1.27 bits per heavy atom. The van der Waals surface area contributed by atoms with Crippen LogP contribution in [0.15, 0.2) is 0 Å². The number of nitrogen functional groups attached to an aromatic ring is 1. The molecule has 1 saturated heterocycles. The fourth-order valence-electron chi connectivity index (χ4n) is 2.57. The Morgan fingerprint density at radius 2 is 1.95 bits per heavy atom. The summed E-state index contributed by atoms with van der Waals surface area (Å²) in [6.07, 6.45) is -3.48. The van der Waals surface area contributed by atoms with E-state index in [4.69, 9.17) is 5.73 Å². The molecule has 0 bridgehead atoms. The molecular weight excluding hydrogens is 297 g/mol. The van der Waals surface area contributed by atoms with Crippen molar-refractivity contribution in [3.8, 4) is 0 Å². The van der Waals surface area contributed by atoms with E-state index in [9.17, 15) is 13.2 Å². The second-order valence-electron chi connectivity index (χ2n) is 5.80. The largest absolute Gasteiger partial charge is 0.393 e. The summed E-state index contributed by atoms with van der Waals surface area (Å²) in [6, 6.07) is -0.339. The molecule has 2 atom stereocenters. The molecule has 0 saturated carbocycles. The smallest absolute Gasteiger partial charge is 0.368 e. The van der Waals surface area contributed by atoms with E-state index in [1.807, 2.05) is 0 Å². The zero-order valence-corrected chi connectivity index (χ0v) is 12.9. The van der Waals surface area contributed by atoms with Gasteiger partial charge in [-0.2, -0.15) is 28.1 Å². The monoisotopic (exact) mass is 318 g/mol. The van der Waals surface area contributed by atoms with Gasteiger partial charge < -0.3 is 10.6 Å². The number of aromatic nitrogens is 3. The molecule has 0 amide bonds. The molecule has 2 rings (SSSR count). The van der Waals surface area contributed by atoms with Gasteiger partial charge in [-0.1, -0.05) is 0 Å². The molecule has 1 fully saturated rings. The second-order valence-corrected chi connectivity index (χ2v) is 5.80. The summed E-state index contributed by atoms with van der Waals surface area (Å²) in [5, 5.41) is 0. The lowest BCUT2D eigenvalue weighted by Crippen LogP contribution is -2.43. The Balaban J connectivity index is 2.19. The Kier molecular flexibility index (Phi) is 4.74. The van der Waals surface area contributed by atoms with Crippen LogP contribution in [-0.4, -0.2) is 53.2 Å². The molecule has 9 heteroatoms. The number of nitrogens with zero attached hydrogens (tertiary/aromatic N) is 5. The van der Waals surface area contributed by atoms with Crippen molar-refractivity contribution in [1.29, 1.82) is 0 Å². The van der Waals surface area contributed by atoms with Gasteiger partial charge in [0.05, 0.1) is 12.0 Å². The second kappa shape index (κ2) is 6.23. The van der Waals surface area contributed by atoms with E-state index in [1.54, 1.807) is 30.8 Å². The molecule has 1 aliphatic heterocycles. The maximum atomic E-state index is 12.9. The summed E-state index contributed by atoms with van der Waals surface area (Å²) >= 11 is 0. The number of nitrogens with two attached hydrogens (primary N) is 1. The molecule has 0 radical (unpaired) electrons. The fourth-order valence-corrected chi connectivity index (χ4v) is 2.57. The molecule has 0 spiro atoms. The lowest BCUT2D eigenvalue weighted by Gasteiger charge is -2.36. The minimum Gasteiger partial charge on any atom is -0.368 e. The number of likely N-dealkylation sites (tertiary alicyclic amines) is 1. The molecule has 1 aliphatic rings. The lowest BCUT2D eigenvalue weighted by atomic mass is 9.96. The van der Waals surface area contributed by atoms with Gasteiger partial charge in [-0.25, -0.2) is 0 Å². The van der Waals surface area contributed by atoms with Gasteiger partial charge in [0.15, 0.2) is 5.82 Å². The first kappa shape index (κ1) is 16.7. The van der Waals surface area contributed by atoms with Crippen LogP contribution >= 0.6 is 0 Å². The quantitative estimate of drug-likeness (QED) is 0.917. The zero-order valence-electron chi connectivity index (χ0n) is 12.9. The van der Waals surface area contributed by atoms with Crippen LogP contribution in [0.4, 0.5) is 25.1 Å². The summed E-state index contributed by atoms with van der Waals surface area (Å²) in [5.41, 5.74) is 5.67. The van der Waals surface area contributed by atoms with Crippen molar-refractivity contribution in [3.05, 3.63) is 5.82 Å². The maximum Gasteiger partial charge on any atom is 0.393 e. The SMILES string of the molecule is C[C@H](c1nc(N)nc(N(C)C)n1)N1CCC[C@H](C(F)(F)F)C1. The number of rotatable bonds is 3. The Bertz CT molecular complexity index is 519. The van der Waals surface area contributed by atoms with E-state index in [0.29, 0.717) is 24.7 Å². The summed E-state index contributed by atoms with van der Waals surface area (Å²) in [6.45, 7) is 2.36. The minimum atomic E-state index is -4.16. The number of alkyl halides is 3. The first-order valence-electron chi connectivity index (χ1n) is 7.18. The van der Waals surface area contributed by atoms with Crippen LogP contribution in [0.5, 0.6) is 0 Å². The lowest BCUT2D eigenvalue weighted by molar-refractivity contribution is -0.188. The van der Waals surface area contributed by atoms with Crippen molar-refractivity contribution in [2.45, 2.75) is 32.0 Å². The van der Waals surface area contributed by atoms with Gasteiger partial charge in [-0.3, -0.25) is 4.90 Å². The van der Waals surface area contributed by atoms with Crippen LogP contribution in [0.2, 0.25) is 0 Å². The summed E-state index contributed by atoms with van der Waals surface area (Å²) in [5.74, 6) is -0.418. The third kappa shape index (κ3) is 3.76. The van der Waals surface area contributed by atoms with Gasteiger partial charge in [0.25, 0.3) is 0 Å². The molecule has 1 aromatic heterocycles. The molecule has 0 unspecified atom stereocenters. The van der Waals surface area contributed by atoms with Gasteiger partial charge in [-0.05, 0) is 26.3 Å². The molecule has 1 aromatic rings. The first-order valence-corrected chi connectivity index (χ1v) is 7.18. The molecule has 6 nitrogen and oxygen atoms in total. The summed E-state index contributed by atoms with van der Waals surface area (Å²) in [4.78, 5) is 15.8. The van der Waals surface area contributed by atoms with Crippen molar-refractivity contribution in [2.75, 3.05) is 37.8 Å². The van der Waals surface area contributed by atoms with Crippen LogP contribution in [0, 0.1) is 5.92 Å². The third-order valence-electron chi connectivity index (χ3n) is 3.90. The average molecular weight is 318 g/mol. The summed E-state index contributed by atoms with van der Waals surface area (Å²) in [7, 11) is 3.54. The van der Waals surface area contributed by atoms with Crippen LogP contribution in [0.3, 0.4) is 0 Å². The highest BCUT2D eigenvalue weighted by Gasteiger charge is 2.42. The van der Waals surface area contributed by atoms with Gasteiger partial charge in [-0.15, -0.1) is 0 Å². The van der Waals surface area contributed by atoms with E-state index in [2.05, 4.69) is 15.0 Å². The molecule has 2 heterocycles. The summed E-state index contributed by atoms with van der Waals surface area (Å²) < 4.78 is 38.8.